The Bertz CT molecular complexity index is 517. The Morgan fingerprint density at radius 3 is 2.41 bits per heavy atom. The van der Waals surface area contributed by atoms with Crippen molar-refractivity contribution in [2.45, 2.75) is 37.8 Å². The summed E-state index contributed by atoms with van der Waals surface area (Å²) in [6.07, 6.45) is -0.209. The first-order valence-corrected chi connectivity index (χ1v) is 8.94. The van der Waals surface area contributed by atoms with Crippen LogP contribution in [-0.2, 0) is 11.3 Å². The van der Waals surface area contributed by atoms with Gasteiger partial charge in [-0.15, -0.1) is 12.6 Å². The van der Waals surface area contributed by atoms with E-state index in [0.717, 1.165) is 24.5 Å². The molecule has 122 valence electrons. The summed E-state index contributed by atoms with van der Waals surface area (Å²) in [6.45, 7) is 9.75. The Morgan fingerprint density at radius 2 is 1.86 bits per heavy atom. The number of hydrogen-bond donors (Lipinski definition) is 1. The molecular weight excluding hydrogens is 411 g/mol. The van der Waals surface area contributed by atoms with E-state index in [4.69, 9.17) is 4.74 Å². The molecule has 1 aliphatic rings. The van der Waals surface area contributed by atoms with Gasteiger partial charge in [0.1, 0.15) is 5.60 Å². The zero-order valence-corrected chi connectivity index (χ0v) is 16.4. The molecule has 1 heterocycles. The third kappa shape index (κ3) is 5.62. The Hall–Kier alpha value is -0.470. The molecule has 0 unspecified atom stereocenters. The standard InChI is InChI=1S/C16H23IN2O2S/c1-16(2,3)21-15(20)19-6-4-18(5-7-19)11-12-8-13(17)10-14(22)9-12/h8-10,22H,4-7,11H2,1-3H3. The lowest BCUT2D eigenvalue weighted by Gasteiger charge is -2.35. The second-order valence-electron chi connectivity index (χ2n) is 6.56. The fraction of sp³-hybridized carbons (Fsp3) is 0.562. The lowest BCUT2D eigenvalue weighted by Crippen LogP contribution is -2.49. The third-order valence-electron chi connectivity index (χ3n) is 3.37. The predicted molar refractivity (Wildman–Crippen MR) is 99.5 cm³/mol. The van der Waals surface area contributed by atoms with Crippen molar-refractivity contribution in [2.75, 3.05) is 26.2 Å². The van der Waals surface area contributed by atoms with Crippen LogP contribution >= 0.6 is 35.2 Å². The number of thiol groups is 1. The monoisotopic (exact) mass is 434 g/mol. The van der Waals surface area contributed by atoms with Gasteiger partial charge in [-0.3, -0.25) is 4.90 Å². The van der Waals surface area contributed by atoms with Crippen molar-refractivity contribution in [3.63, 3.8) is 0 Å². The number of halogens is 1. The number of ether oxygens (including phenoxy) is 1. The quantitative estimate of drug-likeness (QED) is 0.570. The summed E-state index contributed by atoms with van der Waals surface area (Å²) in [5, 5.41) is 0. The second-order valence-corrected chi connectivity index (χ2v) is 8.32. The minimum Gasteiger partial charge on any atom is -0.444 e. The third-order valence-corrected chi connectivity index (χ3v) is 4.25. The number of piperazine rings is 1. The van der Waals surface area contributed by atoms with Gasteiger partial charge in [0.25, 0.3) is 0 Å². The zero-order valence-electron chi connectivity index (χ0n) is 13.3. The van der Waals surface area contributed by atoms with Gasteiger partial charge in [0, 0.05) is 41.2 Å². The van der Waals surface area contributed by atoms with Gasteiger partial charge in [0.2, 0.25) is 0 Å². The molecule has 1 aromatic carbocycles. The number of rotatable bonds is 2. The smallest absolute Gasteiger partial charge is 0.410 e. The highest BCUT2D eigenvalue weighted by atomic mass is 127. The summed E-state index contributed by atoms with van der Waals surface area (Å²) < 4.78 is 6.62. The summed E-state index contributed by atoms with van der Waals surface area (Å²) in [5.41, 5.74) is 0.834. The summed E-state index contributed by atoms with van der Waals surface area (Å²) in [5.74, 6) is 0. The highest BCUT2D eigenvalue weighted by molar-refractivity contribution is 14.1. The van der Waals surface area contributed by atoms with Crippen molar-refractivity contribution in [3.05, 3.63) is 27.3 Å². The summed E-state index contributed by atoms with van der Waals surface area (Å²) in [6, 6.07) is 6.33. The molecule has 2 rings (SSSR count). The van der Waals surface area contributed by atoms with Crippen LogP contribution in [0, 0.1) is 3.57 Å². The molecule has 0 radical (unpaired) electrons. The van der Waals surface area contributed by atoms with Crippen LogP contribution in [0.15, 0.2) is 23.1 Å². The van der Waals surface area contributed by atoms with Crippen molar-refractivity contribution >= 4 is 41.3 Å². The summed E-state index contributed by atoms with van der Waals surface area (Å²) in [4.78, 5) is 17.2. The minimum atomic E-state index is -0.433. The van der Waals surface area contributed by atoms with E-state index < -0.39 is 5.60 Å². The molecule has 22 heavy (non-hydrogen) atoms. The largest absolute Gasteiger partial charge is 0.444 e. The SMILES string of the molecule is CC(C)(C)OC(=O)N1CCN(Cc2cc(S)cc(I)c2)CC1. The fourth-order valence-corrected chi connectivity index (χ4v) is 3.68. The van der Waals surface area contributed by atoms with Gasteiger partial charge in [-0.05, 0) is 67.1 Å². The molecule has 1 fully saturated rings. The Morgan fingerprint density at radius 1 is 1.23 bits per heavy atom. The average Bonchev–Trinajstić information content (AvgIpc) is 2.36. The molecule has 0 saturated carbocycles. The van der Waals surface area contributed by atoms with Crippen molar-refractivity contribution in [1.82, 2.24) is 9.80 Å². The van der Waals surface area contributed by atoms with E-state index in [1.807, 2.05) is 26.8 Å². The first-order valence-electron chi connectivity index (χ1n) is 7.42. The van der Waals surface area contributed by atoms with Crippen LogP contribution in [-0.4, -0.2) is 47.7 Å². The van der Waals surface area contributed by atoms with Crippen LogP contribution in [0.2, 0.25) is 0 Å². The maximum Gasteiger partial charge on any atom is 0.410 e. The average molecular weight is 434 g/mol. The topological polar surface area (TPSA) is 32.8 Å². The van der Waals surface area contributed by atoms with Crippen molar-refractivity contribution < 1.29 is 9.53 Å². The molecule has 1 aromatic rings. The van der Waals surface area contributed by atoms with E-state index in [1.165, 1.54) is 9.13 Å². The van der Waals surface area contributed by atoms with Gasteiger partial charge < -0.3 is 9.64 Å². The first kappa shape index (κ1) is 17.9. The van der Waals surface area contributed by atoms with Crippen LogP contribution in [0.25, 0.3) is 0 Å². The molecule has 4 nitrogen and oxygen atoms in total. The zero-order chi connectivity index (χ0) is 16.3. The molecule has 0 N–H and O–H groups in total. The molecule has 1 saturated heterocycles. The molecular formula is C16H23IN2O2S. The lowest BCUT2D eigenvalue weighted by molar-refractivity contribution is 0.0139. The first-order chi connectivity index (χ1) is 10.2. The Balaban J connectivity index is 1.86. The molecule has 0 aliphatic carbocycles. The van der Waals surface area contributed by atoms with Crippen LogP contribution in [0.3, 0.4) is 0 Å². The fourth-order valence-electron chi connectivity index (χ4n) is 2.40. The number of hydrogen-bond acceptors (Lipinski definition) is 4. The van der Waals surface area contributed by atoms with Gasteiger partial charge >= 0.3 is 6.09 Å². The van der Waals surface area contributed by atoms with Gasteiger partial charge in [-0.25, -0.2) is 4.79 Å². The van der Waals surface area contributed by atoms with Crippen LogP contribution in [0.4, 0.5) is 4.79 Å². The van der Waals surface area contributed by atoms with Crippen LogP contribution in [0.5, 0.6) is 0 Å². The van der Waals surface area contributed by atoms with Gasteiger partial charge in [0.05, 0.1) is 0 Å². The van der Waals surface area contributed by atoms with E-state index in [2.05, 4.69) is 52.3 Å². The maximum atomic E-state index is 12.0. The van der Waals surface area contributed by atoms with Gasteiger partial charge in [-0.1, -0.05) is 0 Å². The van der Waals surface area contributed by atoms with Crippen LogP contribution < -0.4 is 0 Å². The predicted octanol–water partition coefficient (Wildman–Crippen LogP) is 3.63. The highest BCUT2D eigenvalue weighted by Crippen LogP contribution is 2.18. The number of carbonyl (C=O) groups excluding carboxylic acids is 1. The molecule has 0 atom stereocenters. The number of benzene rings is 1. The van der Waals surface area contributed by atoms with Crippen molar-refractivity contribution in [2.24, 2.45) is 0 Å². The Labute approximate surface area is 151 Å². The van der Waals surface area contributed by atoms with Crippen molar-refractivity contribution in [3.8, 4) is 0 Å². The normalized spacial score (nSPS) is 16.7. The van der Waals surface area contributed by atoms with Crippen LogP contribution in [0.1, 0.15) is 26.3 Å². The minimum absolute atomic E-state index is 0.209. The van der Waals surface area contributed by atoms with Gasteiger partial charge in [0.15, 0.2) is 0 Å². The molecule has 1 aliphatic heterocycles. The van der Waals surface area contributed by atoms with E-state index in [-0.39, 0.29) is 6.09 Å². The van der Waals surface area contributed by atoms with E-state index in [9.17, 15) is 4.79 Å². The van der Waals surface area contributed by atoms with Crippen molar-refractivity contribution in [1.29, 1.82) is 0 Å². The second kappa shape index (κ2) is 7.40. The molecule has 6 heteroatoms. The van der Waals surface area contributed by atoms with E-state index in [1.54, 1.807) is 4.90 Å². The molecule has 1 amide bonds. The summed E-state index contributed by atoms with van der Waals surface area (Å²) >= 11 is 6.74. The van der Waals surface area contributed by atoms with E-state index in [0.29, 0.717) is 13.1 Å². The summed E-state index contributed by atoms with van der Waals surface area (Å²) in [7, 11) is 0. The lowest BCUT2D eigenvalue weighted by atomic mass is 10.2. The molecule has 0 aromatic heterocycles. The number of amides is 1. The highest BCUT2D eigenvalue weighted by Gasteiger charge is 2.25. The number of carbonyl (C=O) groups is 1. The molecule has 0 bridgehead atoms. The van der Waals surface area contributed by atoms with Gasteiger partial charge in [-0.2, -0.15) is 0 Å². The number of nitrogens with zero attached hydrogens (tertiary/aromatic N) is 2. The maximum absolute atomic E-state index is 12.0. The Kier molecular flexibility index (Phi) is 6.01. The van der Waals surface area contributed by atoms with E-state index >= 15 is 0 Å². The molecule has 0 spiro atoms.